The van der Waals surface area contributed by atoms with Crippen LogP contribution in [0.1, 0.15) is 45.1 Å². The first-order valence-corrected chi connectivity index (χ1v) is 12.9. The lowest BCUT2D eigenvalue weighted by Crippen LogP contribution is -2.49. The predicted molar refractivity (Wildman–Crippen MR) is 120 cm³/mol. The lowest BCUT2D eigenvalue weighted by Gasteiger charge is -2.37. The van der Waals surface area contributed by atoms with E-state index in [9.17, 15) is 18.0 Å². The van der Waals surface area contributed by atoms with E-state index in [-0.39, 0.29) is 35.2 Å². The number of likely N-dealkylation sites (tertiary alicyclic amines) is 1. The van der Waals surface area contributed by atoms with E-state index in [1.54, 1.807) is 30.0 Å². The summed E-state index contributed by atoms with van der Waals surface area (Å²) in [7, 11) is -3.69. The van der Waals surface area contributed by atoms with E-state index in [4.69, 9.17) is 9.47 Å². The fourth-order valence-electron chi connectivity index (χ4n) is 4.47. The highest BCUT2D eigenvalue weighted by Crippen LogP contribution is 2.29. The minimum Gasteiger partial charge on any atom is -0.494 e. The van der Waals surface area contributed by atoms with Gasteiger partial charge in [-0.1, -0.05) is 0 Å². The molecule has 0 spiro atoms. The first-order chi connectivity index (χ1) is 15.3. The summed E-state index contributed by atoms with van der Waals surface area (Å²) >= 11 is 0. The molecule has 178 valence electrons. The second-order valence-corrected chi connectivity index (χ2v) is 10.4. The van der Waals surface area contributed by atoms with Gasteiger partial charge in [-0.2, -0.15) is 4.31 Å². The smallest absolute Gasteiger partial charge is 0.309 e. The van der Waals surface area contributed by atoms with Gasteiger partial charge in [0, 0.05) is 26.2 Å². The number of piperidine rings is 2. The van der Waals surface area contributed by atoms with Crippen LogP contribution in [0.15, 0.2) is 23.1 Å². The highest BCUT2D eigenvalue weighted by atomic mass is 32.2. The van der Waals surface area contributed by atoms with Gasteiger partial charge < -0.3 is 14.4 Å². The Morgan fingerprint density at radius 2 is 1.75 bits per heavy atom. The second-order valence-electron chi connectivity index (χ2n) is 8.41. The molecule has 1 atom stereocenters. The third-order valence-electron chi connectivity index (χ3n) is 6.24. The summed E-state index contributed by atoms with van der Waals surface area (Å²) in [5.41, 5.74) is 0.766. The Balaban J connectivity index is 1.64. The average molecular weight is 467 g/mol. The topological polar surface area (TPSA) is 93.2 Å². The molecule has 0 aromatic heterocycles. The molecule has 0 bridgehead atoms. The van der Waals surface area contributed by atoms with E-state index in [1.807, 2.05) is 13.8 Å². The first kappa shape index (κ1) is 24.5. The van der Waals surface area contributed by atoms with Crippen molar-refractivity contribution in [3.8, 4) is 5.75 Å². The van der Waals surface area contributed by atoms with Crippen LogP contribution in [0.2, 0.25) is 0 Å². The number of benzene rings is 1. The van der Waals surface area contributed by atoms with Crippen molar-refractivity contribution < 1.29 is 27.5 Å². The Morgan fingerprint density at radius 3 is 2.38 bits per heavy atom. The standard InChI is InChI=1S/C23H34N2O6S/c1-4-30-21-9-8-20(15-17(21)3)32(28,29)25-12-6-7-19(16-25)22(26)24-13-10-18(11-14-24)23(27)31-5-2/h8-9,15,18-19H,4-7,10-14,16H2,1-3H3/t19-/m0/s1. The van der Waals surface area contributed by atoms with Crippen LogP contribution < -0.4 is 4.74 Å². The molecule has 0 N–H and O–H groups in total. The monoisotopic (exact) mass is 466 g/mol. The van der Waals surface area contributed by atoms with Crippen LogP contribution in [0.25, 0.3) is 0 Å². The molecule has 0 radical (unpaired) electrons. The zero-order valence-corrected chi connectivity index (χ0v) is 20.0. The van der Waals surface area contributed by atoms with Crippen molar-refractivity contribution in [1.82, 2.24) is 9.21 Å². The van der Waals surface area contributed by atoms with Gasteiger partial charge >= 0.3 is 5.97 Å². The predicted octanol–water partition coefficient (Wildman–Crippen LogP) is 2.60. The van der Waals surface area contributed by atoms with Gasteiger partial charge in [0.05, 0.1) is 29.9 Å². The molecule has 2 fully saturated rings. The molecule has 32 heavy (non-hydrogen) atoms. The van der Waals surface area contributed by atoms with Crippen molar-refractivity contribution in [2.75, 3.05) is 39.4 Å². The lowest BCUT2D eigenvalue weighted by molar-refractivity contribution is -0.152. The molecule has 0 saturated carbocycles. The minimum atomic E-state index is -3.69. The maximum Gasteiger partial charge on any atom is 0.309 e. The molecule has 0 unspecified atom stereocenters. The number of ether oxygens (including phenoxy) is 2. The van der Waals surface area contributed by atoms with Gasteiger partial charge in [0.25, 0.3) is 0 Å². The molecule has 2 aliphatic heterocycles. The number of sulfonamides is 1. The van der Waals surface area contributed by atoms with E-state index >= 15 is 0 Å². The normalized spacial score (nSPS) is 20.7. The summed E-state index contributed by atoms with van der Waals surface area (Å²) in [5.74, 6) is -0.0637. The number of carbonyl (C=O) groups is 2. The van der Waals surface area contributed by atoms with E-state index in [2.05, 4.69) is 0 Å². The SMILES string of the molecule is CCOC(=O)C1CCN(C(=O)[C@H]2CCCN(S(=O)(=O)c3ccc(OCC)c(C)c3)C2)CC1. The maximum atomic E-state index is 13.2. The quantitative estimate of drug-likeness (QED) is 0.574. The van der Waals surface area contributed by atoms with Crippen LogP contribution in [0.4, 0.5) is 0 Å². The molecule has 2 aliphatic rings. The van der Waals surface area contributed by atoms with Crippen LogP contribution >= 0.6 is 0 Å². The minimum absolute atomic E-state index is 0.0184. The summed E-state index contributed by atoms with van der Waals surface area (Å²) in [5, 5.41) is 0. The molecule has 9 heteroatoms. The lowest BCUT2D eigenvalue weighted by atomic mass is 9.93. The summed E-state index contributed by atoms with van der Waals surface area (Å²) in [4.78, 5) is 27.0. The van der Waals surface area contributed by atoms with Crippen LogP contribution in [-0.2, 0) is 24.3 Å². The first-order valence-electron chi connectivity index (χ1n) is 11.5. The number of esters is 1. The van der Waals surface area contributed by atoms with Crippen molar-refractivity contribution >= 4 is 21.9 Å². The maximum absolute atomic E-state index is 13.2. The summed E-state index contributed by atoms with van der Waals surface area (Å²) < 4.78 is 38.5. The van der Waals surface area contributed by atoms with Gasteiger partial charge in [0.15, 0.2) is 0 Å². The molecule has 2 saturated heterocycles. The summed E-state index contributed by atoms with van der Waals surface area (Å²) in [6.45, 7) is 7.97. The van der Waals surface area contributed by atoms with Crippen molar-refractivity contribution in [3.05, 3.63) is 23.8 Å². The highest BCUT2D eigenvalue weighted by Gasteiger charge is 2.37. The van der Waals surface area contributed by atoms with Gasteiger partial charge in [-0.3, -0.25) is 9.59 Å². The molecule has 8 nitrogen and oxygen atoms in total. The number of rotatable bonds is 7. The highest BCUT2D eigenvalue weighted by molar-refractivity contribution is 7.89. The summed E-state index contributed by atoms with van der Waals surface area (Å²) in [6.07, 6.45) is 2.49. The van der Waals surface area contributed by atoms with Crippen LogP contribution in [-0.4, -0.2) is 68.9 Å². The number of hydrogen-bond acceptors (Lipinski definition) is 6. The largest absolute Gasteiger partial charge is 0.494 e. The van der Waals surface area contributed by atoms with Crippen molar-refractivity contribution in [2.24, 2.45) is 11.8 Å². The number of nitrogens with zero attached hydrogens (tertiary/aromatic N) is 2. The van der Waals surface area contributed by atoms with Crippen LogP contribution in [0.3, 0.4) is 0 Å². The van der Waals surface area contributed by atoms with Crippen molar-refractivity contribution in [3.63, 3.8) is 0 Å². The molecule has 1 amide bonds. The number of amides is 1. The van der Waals surface area contributed by atoms with Gasteiger partial charge in [-0.25, -0.2) is 8.42 Å². The Kier molecular flexibility index (Phi) is 8.16. The second kappa shape index (κ2) is 10.7. The number of hydrogen-bond donors (Lipinski definition) is 0. The van der Waals surface area contributed by atoms with E-state index in [0.717, 1.165) is 5.56 Å². The molecule has 0 aliphatic carbocycles. The molecule has 3 rings (SSSR count). The van der Waals surface area contributed by atoms with Crippen LogP contribution in [0, 0.1) is 18.8 Å². The number of carbonyl (C=O) groups excluding carboxylic acids is 2. The summed E-state index contributed by atoms with van der Waals surface area (Å²) in [6, 6.07) is 4.89. The van der Waals surface area contributed by atoms with Crippen molar-refractivity contribution in [1.29, 1.82) is 0 Å². The molecule has 2 heterocycles. The molecular formula is C23H34N2O6S. The number of aryl methyl sites for hydroxylation is 1. The van der Waals surface area contributed by atoms with Crippen molar-refractivity contribution in [2.45, 2.75) is 51.3 Å². The van der Waals surface area contributed by atoms with E-state index in [1.165, 1.54) is 4.31 Å². The third kappa shape index (κ3) is 5.43. The molecular weight excluding hydrogens is 432 g/mol. The fraction of sp³-hybridized carbons (Fsp3) is 0.652. The Hall–Kier alpha value is -2.13. The molecule has 1 aromatic carbocycles. The van der Waals surface area contributed by atoms with Gasteiger partial charge in [-0.05, 0) is 70.2 Å². The zero-order chi connectivity index (χ0) is 23.3. The van der Waals surface area contributed by atoms with Gasteiger partial charge in [-0.15, -0.1) is 0 Å². The van der Waals surface area contributed by atoms with Crippen LogP contribution in [0.5, 0.6) is 5.75 Å². The van der Waals surface area contributed by atoms with Gasteiger partial charge in [0.1, 0.15) is 5.75 Å². The zero-order valence-electron chi connectivity index (χ0n) is 19.2. The third-order valence-corrected chi connectivity index (χ3v) is 8.11. The molecule has 1 aromatic rings. The Morgan fingerprint density at radius 1 is 1.03 bits per heavy atom. The van der Waals surface area contributed by atoms with E-state index in [0.29, 0.717) is 64.3 Å². The van der Waals surface area contributed by atoms with Gasteiger partial charge in [0.2, 0.25) is 15.9 Å². The van der Waals surface area contributed by atoms with E-state index < -0.39 is 10.0 Å². The Labute approximate surface area is 190 Å². The Bertz CT molecular complexity index is 924. The fourth-order valence-corrected chi connectivity index (χ4v) is 6.07. The average Bonchev–Trinajstić information content (AvgIpc) is 2.80.